The normalized spacial score (nSPS) is 9.94. The number of anilines is 2. The summed E-state index contributed by atoms with van der Waals surface area (Å²) in [6.07, 6.45) is 0. The molecule has 0 aliphatic carbocycles. The zero-order valence-electron chi connectivity index (χ0n) is 9.08. The second-order valence-electron chi connectivity index (χ2n) is 3.26. The average molecular weight is 233 g/mol. The molecule has 2 aromatic rings. The molecule has 0 bridgehead atoms. The van der Waals surface area contributed by atoms with Gasteiger partial charge in [0.05, 0.1) is 13.2 Å². The van der Waals surface area contributed by atoms with E-state index in [0.29, 0.717) is 0 Å². The summed E-state index contributed by atoms with van der Waals surface area (Å²) < 4.78 is 5.02. The van der Waals surface area contributed by atoms with Gasteiger partial charge >= 0.3 is 0 Å². The molecule has 0 aliphatic rings. The third-order valence-electron chi connectivity index (χ3n) is 2.05. The highest BCUT2D eigenvalue weighted by Crippen LogP contribution is 2.20. The topological polar surface area (TPSA) is 87.5 Å². The zero-order chi connectivity index (χ0) is 12.3. The van der Waals surface area contributed by atoms with E-state index in [1.54, 1.807) is 31.4 Å². The third-order valence-corrected chi connectivity index (χ3v) is 2.05. The van der Waals surface area contributed by atoms with Crippen molar-refractivity contribution in [3.8, 4) is 17.5 Å². The van der Waals surface area contributed by atoms with Crippen LogP contribution >= 0.6 is 0 Å². The summed E-state index contributed by atoms with van der Waals surface area (Å²) in [5.41, 5.74) is 0.718. The van der Waals surface area contributed by atoms with Crippen LogP contribution in [-0.4, -0.2) is 27.3 Å². The Kier molecular flexibility index (Phi) is 2.95. The maximum Gasteiger partial charge on any atom is 0.233 e. The van der Waals surface area contributed by atoms with Crippen molar-refractivity contribution in [1.82, 2.24) is 9.97 Å². The molecular formula is C11H11N3O3. The SMILES string of the molecule is COc1ccc(Nc2nc(O)cc(O)n2)cc1. The van der Waals surface area contributed by atoms with E-state index in [9.17, 15) is 10.2 Å². The average Bonchev–Trinajstić information content (AvgIpc) is 2.28. The molecule has 1 aromatic carbocycles. The van der Waals surface area contributed by atoms with Crippen LogP contribution in [0.25, 0.3) is 0 Å². The summed E-state index contributed by atoms with van der Waals surface area (Å²) in [7, 11) is 1.58. The number of aromatic nitrogens is 2. The fourth-order valence-electron chi connectivity index (χ4n) is 1.28. The van der Waals surface area contributed by atoms with Crippen molar-refractivity contribution in [3.63, 3.8) is 0 Å². The maximum atomic E-state index is 9.18. The molecule has 0 saturated heterocycles. The monoisotopic (exact) mass is 233 g/mol. The molecule has 0 spiro atoms. The van der Waals surface area contributed by atoms with Gasteiger partial charge < -0.3 is 20.3 Å². The Labute approximate surface area is 97.5 Å². The van der Waals surface area contributed by atoms with E-state index in [4.69, 9.17) is 4.74 Å². The lowest BCUT2D eigenvalue weighted by Crippen LogP contribution is -1.96. The van der Waals surface area contributed by atoms with E-state index in [1.165, 1.54) is 0 Å². The zero-order valence-corrected chi connectivity index (χ0v) is 9.08. The van der Waals surface area contributed by atoms with Crippen LogP contribution < -0.4 is 10.1 Å². The van der Waals surface area contributed by atoms with Crippen LogP contribution in [0.5, 0.6) is 17.5 Å². The van der Waals surface area contributed by atoms with E-state index in [1.807, 2.05) is 0 Å². The van der Waals surface area contributed by atoms with Gasteiger partial charge in [-0.15, -0.1) is 0 Å². The van der Waals surface area contributed by atoms with Gasteiger partial charge in [0.1, 0.15) is 5.75 Å². The number of rotatable bonds is 3. The molecule has 1 heterocycles. The number of nitrogens with one attached hydrogen (secondary N) is 1. The lowest BCUT2D eigenvalue weighted by Gasteiger charge is -2.06. The summed E-state index contributed by atoms with van der Waals surface area (Å²) in [6, 6.07) is 8.13. The largest absolute Gasteiger partial charge is 0.497 e. The Balaban J connectivity index is 2.19. The molecule has 0 unspecified atom stereocenters. The summed E-state index contributed by atoms with van der Waals surface area (Å²) in [5.74, 6) is 0.255. The number of hydrogen-bond donors (Lipinski definition) is 3. The smallest absolute Gasteiger partial charge is 0.233 e. The van der Waals surface area contributed by atoms with Crippen molar-refractivity contribution in [2.45, 2.75) is 0 Å². The Morgan fingerprint density at radius 2 is 1.65 bits per heavy atom. The van der Waals surface area contributed by atoms with Crippen LogP contribution in [0.1, 0.15) is 0 Å². The van der Waals surface area contributed by atoms with Gasteiger partial charge in [0.15, 0.2) is 0 Å². The lowest BCUT2D eigenvalue weighted by molar-refractivity contribution is 0.415. The molecule has 1 aromatic heterocycles. The van der Waals surface area contributed by atoms with E-state index in [0.717, 1.165) is 17.5 Å². The Hall–Kier alpha value is -2.50. The molecule has 0 fully saturated rings. The predicted molar refractivity (Wildman–Crippen MR) is 61.6 cm³/mol. The number of hydrogen-bond acceptors (Lipinski definition) is 6. The Morgan fingerprint density at radius 3 is 2.18 bits per heavy atom. The van der Waals surface area contributed by atoms with Gasteiger partial charge in [-0.2, -0.15) is 9.97 Å². The molecule has 6 nitrogen and oxygen atoms in total. The summed E-state index contributed by atoms with van der Waals surface area (Å²) in [6.45, 7) is 0. The molecule has 0 amide bonds. The van der Waals surface area contributed by atoms with E-state index < -0.39 is 0 Å². The van der Waals surface area contributed by atoms with Crippen molar-refractivity contribution >= 4 is 11.6 Å². The number of ether oxygens (including phenoxy) is 1. The van der Waals surface area contributed by atoms with Gasteiger partial charge in [0.2, 0.25) is 17.7 Å². The van der Waals surface area contributed by atoms with Crippen molar-refractivity contribution in [2.24, 2.45) is 0 Å². The van der Waals surface area contributed by atoms with Crippen LogP contribution in [0, 0.1) is 0 Å². The molecule has 2 rings (SSSR count). The summed E-state index contributed by atoms with van der Waals surface area (Å²) in [5, 5.41) is 21.2. The van der Waals surface area contributed by atoms with Gasteiger partial charge in [-0.1, -0.05) is 0 Å². The fourth-order valence-corrected chi connectivity index (χ4v) is 1.28. The molecule has 0 saturated carbocycles. The lowest BCUT2D eigenvalue weighted by atomic mass is 10.3. The highest BCUT2D eigenvalue weighted by Gasteiger charge is 2.03. The second kappa shape index (κ2) is 4.56. The Morgan fingerprint density at radius 1 is 1.06 bits per heavy atom. The summed E-state index contributed by atoms with van der Waals surface area (Å²) >= 11 is 0. The first-order valence-corrected chi connectivity index (χ1v) is 4.85. The van der Waals surface area contributed by atoms with Crippen molar-refractivity contribution in [2.75, 3.05) is 12.4 Å². The van der Waals surface area contributed by atoms with Crippen LogP contribution in [-0.2, 0) is 0 Å². The molecule has 88 valence electrons. The standard InChI is InChI=1S/C11H11N3O3/c1-17-8-4-2-7(3-5-8)12-11-13-9(15)6-10(16)14-11/h2-6H,1H3,(H3,12,13,14,15,16). The van der Waals surface area contributed by atoms with E-state index in [2.05, 4.69) is 15.3 Å². The molecular weight excluding hydrogens is 222 g/mol. The number of methoxy groups -OCH3 is 1. The molecule has 17 heavy (non-hydrogen) atoms. The van der Waals surface area contributed by atoms with Crippen LogP contribution in [0.15, 0.2) is 30.3 Å². The quantitative estimate of drug-likeness (QED) is 0.747. The van der Waals surface area contributed by atoms with Crippen LogP contribution in [0.2, 0.25) is 0 Å². The fraction of sp³-hybridized carbons (Fsp3) is 0.0909. The minimum atomic E-state index is -0.298. The van der Waals surface area contributed by atoms with Crippen molar-refractivity contribution < 1.29 is 14.9 Å². The highest BCUT2D eigenvalue weighted by molar-refractivity contribution is 5.55. The van der Waals surface area contributed by atoms with Crippen molar-refractivity contribution in [3.05, 3.63) is 30.3 Å². The minimum absolute atomic E-state index is 0.118. The number of nitrogens with zero attached hydrogens (tertiary/aromatic N) is 2. The second-order valence-corrected chi connectivity index (χ2v) is 3.26. The van der Waals surface area contributed by atoms with Crippen LogP contribution in [0.3, 0.4) is 0 Å². The molecule has 0 aliphatic heterocycles. The summed E-state index contributed by atoms with van der Waals surface area (Å²) in [4.78, 5) is 7.43. The van der Waals surface area contributed by atoms with Gasteiger partial charge in [-0.25, -0.2) is 0 Å². The molecule has 0 radical (unpaired) electrons. The number of aromatic hydroxyl groups is 2. The Bertz CT molecular complexity index is 494. The highest BCUT2D eigenvalue weighted by atomic mass is 16.5. The van der Waals surface area contributed by atoms with E-state index in [-0.39, 0.29) is 17.7 Å². The predicted octanol–water partition coefficient (Wildman–Crippen LogP) is 1.64. The molecule has 0 atom stereocenters. The van der Waals surface area contributed by atoms with Crippen molar-refractivity contribution in [1.29, 1.82) is 0 Å². The maximum absolute atomic E-state index is 9.18. The first kappa shape index (κ1) is 11.0. The number of benzene rings is 1. The third kappa shape index (κ3) is 2.75. The molecule has 3 N–H and O–H groups in total. The van der Waals surface area contributed by atoms with Gasteiger partial charge in [-0.3, -0.25) is 0 Å². The molecule has 6 heteroatoms. The van der Waals surface area contributed by atoms with Gasteiger partial charge in [-0.05, 0) is 24.3 Å². The van der Waals surface area contributed by atoms with Gasteiger partial charge in [0, 0.05) is 5.69 Å². The minimum Gasteiger partial charge on any atom is -0.497 e. The first-order valence-electron chi connectivity index (χ1n) is 4.85. The van der Waals surface area contributed by atoms with Crippen LogP contribution in [0.4, 0.5) is 11.6 Å². The van der Waals surface area contributed by atoms with E-state index >= 15 is 0 Å². The van der Waals surface area contributed by atoms with Gasteiger partial charge in [0.25, 0.3) is 0 Å². The first-order chi connectivity index (χ1) is 8.17.